The smallest absolute Gasteiger partial charge is 0.272 e. The Hall–Kier alpha value is -1.43. The predicted octanol–water partition coefficient (Wildman–Crippen LogP) is 0.162. The van der Waals surface area contributed by atoms with Crippen LogP contribution in [0.25, 0.3) is 0 Å². The minimum atomic E-state index is -0.872. The SMILES string of the molecule is CCS(=O)CCNC(=O)c1ncccc1N. The van der Waals surface area contributed by atoms with Crippen molar-refractivity contribution in [1.82, 2.24) is 10.3 Å². The van der Waals surface area contributed by atoms with Gasteiger partial charge in [0.25, 0.3) is 5.91 Å². The van der Waals surface area contributed by atoms with E-state index < -0.39 is 10.8 Å². The van der Waals surface area contributed by atoms with Crippen LogP contribution < -0.4 is 11.1 Å². The van der Waals surface area contributed by atoms with E-state index in [-0.39, 0.29) is 11.6 Å². The highest BCUT2D eigenvalue weighted by Gasteiger charge is 2.09. The third-order valence-corrected chi connectivity index (χ3v) is 3.29. The van der Waals surface area contributed by atoms with Crippen LogP contribution in [0.15, 0.2) is 18.3 Å². The Balaban J connectivity index is 2.47. The number of nitrogens with zero attached hydrogens (tertiary/aromatic N) is 1. The van der Waals surface area contributed by atoms with Crippen LogP contribution in [0.3, 0.4) is 0 Å². The molecular formula is C10H15N3O2S. The number of carbonyl (C=O) groups excluding carboxylic acids is 1. The van der Waals surface area contributed by atoms with Gasteiger partial charge >= 0.3 is 0 Å². The van der Waals surface area contributed by atoms with Crippen LogP contribution in [0.5, 0.6) is 0 Å². The Morgan fingerprint density at radius 3 is 3.00 bits per heavy atom. The second kappa shape index (κ2) is 6.22. The van der Waals surface area contributed by atoms with E-state index in [1.165, 1.54) is 6.20 Å². The fourth-order valence-electron chi connectivity index (χ4n) is 1.11. The largest absolute Gasteiger partial charge is 0.397 e. The van der Waals surface area contributed by atoms with Gasteiger partial charge in [0, 0.05) is 35.0 Å². The maximum absolute atomic E-state index is 11.6. The molecule has 1 aromatic heterocycles. The molecule has 3 N–H and O–H groups in total. The first-order valence-electron chi connectivity index (χ1n) is 4.98. The van der Waals surface area contributed by atoms with Crippen LogP contribution in [0.4, 0.5) is 5.69 Å². The van der Waals surface area contributed by atoms with Crippen LogP contribution in [0.1, 0.15) is 17.4 Å². The number of anilines is 1. The van der Waals surface area contributed by atoms with Gasteiger partial charge in [0.05, 0.1) is 5.69 Å². The van der Waals surface area contributed by atoms with Crippen molar-refractivity contribution in [3.63, 3.8) is 0 Å². The molecule has 1 aromatic rings. The van der Waals surface area contributed by atoms with Crippen LogP contribution in [-0.2, 0) is 10.8 Å². The fourth-order valence-corrected chi connectivity index (χ4v) is 1.73. The number of nitrogens with two attached hydrogens (primary N) is 1. The zero-order valence-electron chi connectivity index (χ0n) is 9.10. The molecule has 1 atom stereocenters. The molecule has 0 bridgehead atoms. The zero-order valence-corrected chi connectivity index (χ0v) is 9.92. The number of nitrogens with one attached hydrogen (secondary N) is 1. The summed E-state index contributed by atoms with van der Waals surface area (Å²) in [5.41, 5.74) is 6.15. The number of hydrogen-bond acceptors (Lipinski definition) is 4. The van der Waals surface area contributed by atoms with E-state index in [1.807, 2.05) is 6.92 Å². The van der Waals surface area contributed by atoms with Gasteiger partial charge in [0.2, 0.25) is 0 Å². The van der Waals surface area contributed by atoms with E-state index in [0.717, 1.165) is 0 Å². The predicted molar refractivity (Wildman–Crippen MR) is 64.5 cm³/mol. The lowest BCUT2D eigenvalue weighted by molar-refractivity contribution is 0.0952. The lowest BCUT2D eigenvalue weighted by Gasteiger charge is -2.05. The minimum Gasteiger partial charge on any atom is -0.397 e. The number of pyridine rings is 1. The van der Waals surface area contributed by atoms with E-state index in [2.05, 4.69) is 10.3 Å². The molecule has 0 aliphatic heterocycles. The third kappa shape index (κ3) is 3.62. The van der Waals surface area contributed by atoms with Crippen LogP contribution in [0, 0.1) is 0 Å². The molecule has 0 aliphatic carbocycles. The van der Waals surface area contributed by atoms with Crippen molar-refractivity contribution >= 4 is 22.4 Å². The van der Waals surface area contributed by atoms with Gasteiger partial charge in [-0.3, -0.25) is 9.00 Å². The van der Waals surface area contributed by atoms with Crippen molar-refractivity contribution in [2.45, 2.75) is 6.92 Å². The normalized spacial score (nSPS) is 12.1. The molecule has 0 saturated heterocycles. The minimum absolute atomic E-state index is 0.213. The third-order valence-electron chi connectivity index (χ3n) is 1.99. The number of nitrogen functional groups attached to an aromatic ring is 1. The quantitative estimate of drug-likeness (QED) is 0.769. The lowest BCUT2D eigenvalue weighted by atomic mass is 10.3. The highest BCUT2D eigenvalue weighted by molar-refractivity contribution is 7.84. The first-order valence-corrected chi connectivity index (χ1v) is 6.47. The summed E-state index contributed by atoms with van der Waals surface area (Å²) in [6, 6.07) is 3.28. The molecule has 0 spiro atoms. The molecule has 0 radical (unpaired) electrons. The first kappa shape index (κ1) is 12.6. The van der Waals surface area contributed by atoms with E-state index in [1.54, 1.807) is 12.1 Å². The zero-order chi connectivity index (χ0) is 12.0. The monoisotopic (exact) mass is 241 g/mol. The Bertz CT molecular complexity index is 395. The van der Waals surface area contributed by atoms with Crippen molar-refractivity contribution < 1.29 is 9.00 Å². The molecule has 16 heavy (non-hydrogen) atoms. The summed E-state index contributed by atoms with van der Waals surface area (Å²) < 4.78 is 11.1. The molecular weight excluding hydrogens is 226 g/mol. The van der Waals surface area contributed by atoms with Gasteiger partial charge in [-0.05, 0) is 12.1 Å². The second-order valence-corrected chi connectivity index (χ2v) is 5.00. The summed E-state index contributed by atoms with van der Waals surface area (Å²) in [7, 11) is -0.872. The molecule has 1 unspecified atom stereocenters. The van der Waals surface area contributed by atoms with Gasteiger partial charge in [-0.25, -0.2) is 4.98 Å². The van der Waals surface area contributed by atoms with Crippen LogP contribution >= 0.6 is 0 Å². The number of aromatic nitrogens is 1. The molecule has 0 fully saturated rings. The van der Waals surface area contributed by atoms with Crippen molar-refractivity contribution in [2.24, 2.45) is 0 Å². The summed E-state index contributed by atoms with van der Waals surface area (Å²) in [4.78, 5) is 15.5. The average molecular weight is 241 g/mol. The summed E-state index contributed by atoms with van der Waals surface area (Å²) in [6.07, 6.45) is 1.51. The van der Waals surface area contributed by atoms with Crippen molar-refractivity contribution in [2.75, 3.05) is 23.8 Å². The van der Waals surface area contributed by atoms with Crippen molar-refractivity contribution in [3.05, 3.63) is 24.0 Å². The number of rotatable bonds is 5. The number of amides is 1. The molecule has 5 nitrogen and oxygen atoms in total. The Morgan fingerprint density at radius 1 is 1.62 bits per heavy atom. The van der Waals surface area contributed by atoms with E-state index in [4.69, 9.17) is 5.73 Å². The van der Waals surface area contributed by atoms with Gasteiger partial charge in [-0.2, -0.15) is 0 Å². The fraction of sp³-hybridized carbons (Fsp3) is 0.400. The van der Waals surface area contributed by atoms with E-state index in [0.29, 0.717) is 23.7 Å². The number of hydrogen-bond donors (Lipinski definition) is 2. The lowest BCUT2D eigenvalue weighted by Crippen LogP contribution is -2.29. The van der Waals surface area contributed by atoms with Crippen molar-refractivity contribution in [1.29, 1.82) is 0 Å². The Morgan fingerprint density at radius 2 is 2.38 bits per heavy atom. The molecule has 1 amide bonds. The van der Waals surface area contributed by atoms with Gasteiger partial charge in [-0.15, -0.1) is 0 Å². The standard InChI is InChI=1S/C10H15N3O2S/c1-2-16(15)7-6-13-10(14)9-8(11)4-3-5-12-9/h3-5H,2,6-7,11H2,1H3,(H,13,14). The van der Waals surface area contributed by atoms with Crippen molar-refractivity contribution in [3.8, 4) is 0 Å². The van der Waals surface area contributed by atoms with E-state index >= 15 is 0 Å². The molecule has 0 aliphatic rings. The summed E-state index contributed by atoms with van der Waals surface area (Å²) in [5, 5.41) is 2.63. The van der Waals surface area contributed by atoms with Gasteiger partial charge in [-0.1, -0.05) is 6.92 Å². The van der Waals surface area contributed by atoms with Gasteiger partial charge in [0.1, 0.15) is 0 Å². The van der Waals surface area contributed by atoms with Gasteiger partial charge < -0.3 is 11.1 Å². The highest BCUT2D eigenvalue weighted by Crippen LogP contribution is 2.05. The molecule has 0 saturated carbocycles. The highest BCUT2D eigenvalue weighted by atomic mass is 32.2. The summed E-state index contributed by atoms with van der Waals surface area (Å²) in [5.74, 6) is 0.725. The Kier molecular flexibility index (Phi) is 4.91. The molecule has 0 aromatic carbocycles. The maximum Gasteiger partial charge on any atom is 0.272 e. The molecule has 1 rings (SSSR count). The molecule has 1 heterocycles. The molecule has 88 valence electrons. The van der Waals surface area contributed by atoms with Gasteiger partial charge in [0.15, 0.2) is 5.69 Å². The number of carbonyl (C=O) groups is 1. The average Bonchev–Trinajstić information content (AvgIpc) is 2.29. The first-order chi connectivity index (χ1) is 7.65. The molecule has 6 heteroatoms. The summed E-state index contributed by atoms with van der Waals surface area (Å²) >= 11 is 0. The second-order valence-electron chi connectivity index (χ2n) is 3.13. The topological polar surface area (TPSA) is 85.1 Å². The van der Waals surface area contributed by atoms with Crippen LogP contribution in [-0.4, -0.2) is 33.2 Å². The van der Waals surface area contributed by atoms with Crippen LogP contribution in [0.2, 0.25) is 0 Å². The Labute approximate surface area is 96.9 Å². The maximum atomic E-state index is 11.6. The van der Waals surface area contributed by atoms with E-state index in [9.17, 15) is 9.00 Å². The summed E-state index contributed by atoms with van der Waals surface area (Å²) in [6.45, 7) is 2.21.